The number of benzene rings is 2. The van der Waals surface area contributed by atoms with Gasteiger partial charge < -0.3 is 15.3 Å². The molecule has 0 amide bonds. The first kappa shape index (κ1) is 26.5. The fourth-order valence-electron chi connectivity index (χ4n) is 5.39. The van der Waals surface area contributed by atoms with Crippen molar-refractivity contribution >= 4 is 17.7 Å². The monoisotopic (exact) mass is 484 g/mol. The number of carboxylic acid groups (broad SMARTS) is 1. The topological polar surface area (TPSA) is 77.8 Å². The molecule has 186 valence electrons. The van der Waals surface area contributed by atoms with Gasteiger partial charge in [0.05, 0.1) is 5.92 Å². The Labute approximate surface area is 208 Å². The van der Waals surface area contributed by atoms with E-state index in [2.05, 4.69) is 32.0 Å². The Balaban J connectivity index is 1.55. The molecule has 1 heterocycles. The maximum Gasteiger partial charge on any atom is 0.306 e. The standard InChI is InChI=1S/C29H40O4S/c1-3-10-21(28(32)33)11-8-6-4-5-7-9-12-26-25-18-17-24(31)19-27(25)34-20-29(26,2)22-13-15-23(30)16-14-22/h13-19,21,26,30-31H,3-12,20H2,1-2H3,(H,32,33). The molecule has 3 rings (SSSR count). The number of aromatic hydroxyl groups is 2. The number of phenolic OH excluding ortho intramolecular Hbond substituents is 2. The van der Waals surface area contributed by atoms with Crippen molar-refractivity contribution in [3.05, 3.63) is 53.6 Å². The third-order valence-corrected chi connectivity index (χ3v) is 8.89. The van der Waals surface area contributed by atoms with Gasteiger partial charge in [-0.1, -0.05) is 77.0 Å². The molecule has 34 heavy (non-hydrogen) atoms. The highest BCUT2D eigenvalue weighted by atomic mass is 32.2. The second kappa shape index (κ2) is 12.5. The molecule has 2 aromatic rings. The Morgan fingerprint density at radius 3 is 2.29 bits per heavy atom. The first-order valence-electron chi connectivity index (χ1n) is 12.8. The van der Waals surface area contributed by atoms with E-state index in [4.69, 9.17) is 0 Å². The number of phenols is 2. The summed E-state index contributed by atoms with van der Waals surface area (Å²) in [5.74, 6) is 1.11. The van der Waals surface area contributed by atoms with Gasteiger partial charge in [-0.2, -0.15) is 0 Å². The van der Waals surface area contributed by atoms with Crippen LogP contribution >= 0.6 is 11.8 Å². The predicted octanol–water partition coefficient (Wildman–Crippen LogP) is 7.87. The summed E-state index contributed by atoms with van der Waals surface area (Å²) >= 11 is 1.81. The lowest BCUT2D eigenvalue weighted by Crippen LogP contribution is -2.36. The first-order chi connectivity index (χ1) is 16.3. The summed E-state index contributed by atoms with van der Waals surface area (Å²) in [5, 5.41) is 29.1. The van der Waals surface area contributed by atoms with Crippen molar-refractivity contribution in [3.8, 4) is 11.5 Å². The van der Waals surface area contributed by atoms with Gasteiger partial charge in [0.15, 0.2) is 0 Å². The van der Waals surface area contributed by atoms with Crippen LogP contribution in [0.1, 0.15) is 95.1 Å². The van der Waals surface area contributed by atoms with Gasteiger partial charge in [-0.15, -0.1) is 11.8 Å². The average molecular weight is 485 g/mol. The molecule has 2 aromatic carbocycles. The fourth-order valence-corrected chi connectivity index (χ4v) is 6.80. The van der Waals surface area contributed by atoms with E-state index in [1.165, 1.54) is 35.3 Å². The number of aliphatic carboxylic acids is 1. The Morgan fingerprint density at radius 1 is 0.971 bits per heavy atom. The smallest absolute Gasteiger partial charge is 0.306 e. The van der Waals surface area contributed by atoms with Crippen LogP contribution in [0, 0.1) is 5.92 Å². The molecule has 4 nitrogen and oxygen atoms in total. The molecular weight excluding hydrogens is 444 g/mol. The van der Waals surface area contributed by atoms with Crippen molar-refractivity contribution in [3.63, 3.8) is 0 Å². The van der Waals surface area contributed by atoms with Crippen molar-refractivity contribution in [1.29, 1.82) is 0 Å². The minimum Gasteiger partial charge on any atom is -0.508 e. The zero-order valence-corrected chi connectivity index (χ0v) is 21.4. The second-order valence-electron chi connectivity index (χ2n) is 10.1. The second-order valence-corrected chi connectivity index (χ2v) is 11.1. The van der Waals surface area contributed by atoms with Gasteiger partial charge in [-0.05, 0) is 60.6 Å². The van der Waals surface area contributed by atoms with Gasteiger partial charge in [-0.3, -0.25) is 4.79 Å². The molecule has 0 saturated heterocycles. The third kappa shape index (κ3) is 6.71. The number of carboxylic acids is 1. The average Bonchev–Trinajstić information content (AvgIpc) is 2.81. The van der Waals surface area contributed by atoms with Crippen LogP contribution in [-0.4, -0.2) is 27.0 Å². The van der Waals surface area contributed by atoms with Crippen LogP contribution in [0.15, 0.2) is 47.4 Å². The molecule has 0 saturated carbocycles. The van der Waals surface area contributed by atoms with Crippen molar-refractivity contribution in [2.24, 2.45) is 5.92 Å². The van der Waals surface area contributed by atoms with E-state index < -0.39 is 5.97 Å². The van der Waals surface area contributed by atoms with Crippen molar-refractivity contribution in [2.45, 2.75) is 94.3 Å². The summed E-state index contributed by atoms with van der Waals surface area (Å²) in [6.45, 7) is 4.39. The van der Waals surface area contributed by atoms with E-state index in [9.17, 15) is 20.1 Å². The van der Waals surface area contributed by atoms with Crippen LogP contribution in [0.5, 0.6) is 11.5 Å². The number of rotatable bonds is 13. The molecule has 0 aromatic heterocycles. The molecule has 1 aliphatic rings. The lowest BCUT2D eigenvalue weighted by molar-refractivity contribution is -0.142. The highest BCUT2D eigenvalue weighted by Crippen LogP contribution is 2.52. The van der Waals surface area contributed by atoms with Gasteiger partial charge in [0.2, 0.25) is 0 Å². The van der Waals surface area contributed by atoms with Gasteiger partial charge in [0, 0.05) is 16.1 Å². The Kier molecular flexibility index (Phi) is 9.75. The Hall–Kier alpha value is -2.14. The molecule has 0 radical (unpaired) electrons. The van der Waals surface area contributed by atoms with Crippen molar-refractivity contribution in [1.82, 2.24) is 0 Å². The van der Waals surface area contributed by atoms with Gasteiger partial charge in [-0.25, -0.2) is 0 Å². The van der Waals surface area contributed by atoms with Gasteiger partial charge in [0.1, 0.15) is 11.5 Å². The summed E-state index contributed by atoms with van der Waals surface area (Å²) in [6.07, 6.45) is 10.4. The summed E-state index contributed by atoms with van der Waals surface area (Å²) in [4.78, 5) is 12.5. The van der Waals surface area contributed by atoms with Gasteiger partial charge >= 0.3 is 5.97 Å². The Bertz CT molecular complexity index is 926. The molecule has 0 spiro atoms. The fraction of sp³-hybridized carbons (Fsp3) is 0.552. The summed E-state index contributed by atoms with van der Waals surface area (Å²) in [7, 11) is 0. The van der Waals surface area contributed by atoms with Crippen LogP contribution in [0.3, 0.4) is 0 Å². The molecule has 3 unspecified atom stereocenters. The minimum atomic E-state index is -0.641. The first-order valence-corrected chi connectivity index (χ1v) is 13.8. The number of hydrogen-bond acceptors (Lipinski definition) is 4. The van der Waals surface area contributed by atoms with E-state index in [0.717, 1.165) is 50.7 Å². The zero-order valence-electron chi connectivity index (χ0n) is 20.6. The van der Waals surface area contributed by atoms with Crippen LogP contribution < -0.4 is 0 Å². The van der Waals surface area contributed by atoms with E-state index in [1.807, 2.05) is 17.8 Å². The Morgan fingerprint density at radius 2 is 1.62 bits per heavy atom. The van der Waals surface area contributed by atoms with Crippen molar-refractivity contribution in [2.75, 3.05) is 5.75 Å². The summed E-state index contributed by atoms with van der Waals surface area (Å²) in [6, 6.07) is 13.5. The quantitative estimate of drug-likeness (QED) is 0.252. The van der Waals surface area contributed by atoms with Crippen LogP contribution in [0.4, 0.5) is 0 Å². The molecule has 3 atom stereocenters. The maximum absolute atomic E-state index is 11.3. The SMILES string of the molecule is CCCC(CCCCCCCCC1c2ccc(O)cc2SCC1(C)c1ccc(O)cc1)C(=O)O. The molecule has 5 heteroatoms. The lowest BCUT2D eigenvalue weighted by Gasteiger charge is -2.43. The molecule has 1 aliphatic heterocycles. The lowest BCUT2D eigenvalue weighted by atomic mass is 9.68. The zero-order chi connectivity index (χ0) is 24.6. The third-order valence-electron chi connectivity index (χ3n) is 7.48. The summed E-state index contributed by atoms with van der Waals surface area (Å²) in [5.41, 5.74) is 2.54. The van der Waals surface area contributed by atoms with E-state index >= 15 is 0 Å². The van der Waals surface area contributed by atoms with Crippen LogP contribution in [-0.2, 0) is 10.2 Å². The highest BCUT2D eigenvalue weighted by molar-refractivity contribution is 7.99. The van der Waals surface area contributed by atoms with Crippen molar-refractivity contribution < 1.29 is 20.1 Å². The maximum atomic E-state index is 11.3. The largest absolute Gasteiger partial charge is 0.508 e. The summed E-state index contributed by atoms with van der Waals surface area (Å²) < 4.78 is 0. The van der Waals surface area contributed by atoms with Gasteiger partial charge in [0.25, 0.3) is 0 Å². The van der Waals surface area contributed by atoms with Crippen LogP contribution in [0.2, 0.25) is 0 Å². The number of fused-ring (bicyclic) bond motifs is 1. The molecule has 3 N–H and O–H groups in total. The normalized spacial score (nSPS) is 20.6. The number of thioether (sulfide) groups is 1. The number of hydrogen-bond donors (Lipinski definition) is 3. The molecule has 0 bridgehead atoms. The predicted molar refractivity (Wildman–Crippen MR) is 140 cm³/mol. The van der Waals surface area contributed by atoms with E-state index in [-0.39, 0.29) is 11.3 Å². The number of unbranched alkanes of at least 4 members (excludes halogenated alkanes) is 5. The molecule has 0 fully saturated rings. The number of carbonyl (C=O) groups is 1. The highest BCUT2D eigenvalue weighted by Gasteiger charge is 2.41. The molecule has 0 aliphatic carbocycles. The minimum absolute atomic E-state index is 0.0343. The van der Waals surface area contributed by atoms with Crippen LogP contribution in [0.25, 0.3) is 0 Å². The van der Waals surface area contributed by atoms with E-state index in [0.29, 0.717) is 17.4 Å². The van der Waals surface area contributed by atoms with E-state index in [1.54, 1.807) is 18.2 Å². The molecular formula is C29H40O4S.